The standard InChI is InChI=1S/C27H22N6O3S/c1-16-24(30-32-26-20-8-4-2-6-17(20)10-12-22(26)28)14-19(37(34,35)36)15-25(16)31-33-27-21-9-5-3-7-18(21)11-13-23(27)29/h2-15H,28-29H2,1H3,(H,34,35,36). The largest absolute Gasteiger partial charge is 0.397 e. The van der Waals surface area contributed by atoms with Crippen LogP contribution in [0, 0.1) is 6.92 Å². The highest BCUT2D eigenvalue weighted by atomic mass is 32.2. The van der Waals surface area contributed by atoms with Crippen molar-refractivity contribution in [2.45, 2.75) is 11.8 Å². The smallest absolute Gasteiger partial charge is 0.294 e. The van der Waals surface area contributed by atoms with Crippen molar-refractivity contribution in [2.24, 2.45) is 20.5 Å². The van der Waals surface area contributed by atoms with E-state index < -0.39 is 15.0 Å². The van der Waals surface area contributed by atoms with Gasteiger partial charge in [-0.1, -0.05) is 60.7 Å². The number of hydrogen-bond acceptors (Lipinski definition) is 8. The molecule has 9 nitrogen and oxygen atoms in total. The Balaban J connectivity index is 1.64. The predicted octanol–water partition coefficient (Wildman–Crippen LogP) is 7.54. The van der Waals surface area contributed by atoms with Crippen molar-refractivity contribution < 1.29 is 13.0 Å². The highest BCUT2D eigenvalue weighted by molar-refractivity contribution is 7.85. The fraction of sp³-hybridized carbons (Fsp3) is 0.0370. The van der Waals surface area contributed by atoms with Crippen molar-refractivity contribution in [3.05, 3.63) is 90.5 Å². The van der Waals surface area contributed by atoms with E-state index in [9.17, 15) is 13.0 Å². The summed E-state index contributed by atoms with van der Waals surface area (Å²) in [6.07, 6.45) is 0. The van der Waals surface area contributed by atoms with Crippen LogP contribution in [-0.2, 0) is 10.1 Å². The molecule has 10 heteroatoms. The van der Waals surface area contributed by atoms with Crippen molar-refractivity contribution >= 4 is 65.8 Å². The maximum Gasteiger partial charge on any atom is 0.294 e. The van der Waals surface area contributed by atoms with E-state index in [0.29, 0.717) is 28.3 Å². The molecule has 0 atom stereocenters. The zero-order valence-corrected chi connectivity index (χ0v) is 20.5. The van der Waals surface area contributed by atoms with Crippen LogP contribution in [0.2, 0.25) is 0 Å². The second-order valence-electron chi connectivity index (χ2n) is 8.41. The van der Waals surface area contributed by atoms with Gasteiger partial charge in [-0.25, -0.2) is 0 Å². The van der Waals surface area contributed by atoms with Gasteiger partial charge in [-0.15, -0.1) is 10.2 Å². The quantitative estimate of drug-likeness (QED) is 0.126. The normalized spacial score (nSPS) is 12.3. The summed E-state index contributed by atoms with van der Waals surface area (Å²) in [7, 11) is -4.57. The van der Waals surface area contributed by atoms with E-state index in [-0.39, 0.29) is 11.4 Å². The molecule has 0 saturated carbocycles. The van der Waals surface area contributed by atoms with E-state index in [1.165, 1.54) is 12.1 Å². The van der Waals surface area contributed by atoms with Crippen molar-refractivity contribution in [1.29, 1.82) is 0 Å². The first kappa shape index (κ1) is 24.0. The summed E-state index contributed by atoms with van der Waals surface area (Å²) in [5, 5.41) is 20.7. The van der Waals surface area contributed by atoms with Crippen LogP contribution in [-0.4, -0.2) is 13.0 Å². The third-order valence-corrected chi connectivity index (χ3v) is 6.83. The molecular weight excluding hydrogens is 488 g/mol. The summed E-state index contributed by atoms with van der Waals surface area (Å²) in [4.78, 5) is -0.391. The molecule has 5 aromatic rings. The summed E-state index contributed by atoms with van der Waals surface area (Å²) < 4.78 is 33.8. The molecule has 0 bridgehead atoms. The lowest BCUT2D eigenvalue weighted by molar-refractivity contribution is 0.483. The third-order valence-electron chi connectivity index (χ3n) is 6.00. The van der Waals surface area contributed by atoms with E-state index in [4.69, 9.17) is 11.5 Å². The average molecular weight is 511 g/mol. The lowest BCUT2D eigenvalue weighted by Crippen LogP contribution is -1.98. The minimum atomic E-state index is -4.57. The highest BCUT2D eigenvalue weighted by Gasteiger charge is 2.16. The first-order valence-corrected chi connectivity index (χ1v) is 12.7. The number of benzene rings is 5. The SMILES string of the molecule is Cc1c(N=Nc2c(N)ccc3ccccc23)cc(S(=O)(=O)O)cc1N=Nc1c(N)ccc2ccccc12. The molecule has 0 aliphatic rings. The van der Waals surface area contributed by atoms with Crippen LogP contribution >= 0.6 is 0 Å². The van der Waals surface area contributed by atoms with Crippen molar-refractivity contribution in [2.75, 3.05) is 11.5 Å². The fourth-order valence-electron chi connectivity index (χ4n) is 3.99. The third kappa shape index (κ3) is 4.75. The van der Waals surface area contributed by atoms with E-state index in [1.807, 2.05) is 60.7 Å². The summed E-state index contributed by atoms with van der Waals surface area (Å²) >= 11 is 0. The Morgan fingerprint density at radius 2 is 1.08 bits per heavy atom. The summed E-state index contributed by atoms with van der Waals surface area (Å²) in [6, 6.07) is 24.8. The van der Waals surface area contributed by atoms with Crippen LogP contribution < -0.4 is 11.5 Å². The maximum atomic E-state index is 12.0. The van der Waals surface area contributed by atoms with Gasteiger partial charge in [0.15, 0.2) is 0 Å². The Bertz CT molecular complexity index is 1730. The second kappa shape index (κ2) is 9.41. The molecule has 5 N–H and O–H groups in total. The van der Waals surface area contributed by atoms with Crippen LogP contribution in [0.1, 0.15) is 5.56 Å². The number of hydrogen-bond donors (Lipinski definition) is 3. The average Bonchev–Trinajstić information content (AvgIpc) is 2.88. The molecule has 5 rings (SSSR count). The van der Waals surface area contributed by atoms with E-state index >= 15 is 0 Å². The van der Waals surface area contributed by atoms with Gasteiger partial charge in [-0.2, -0.15) is 18.6 Å². The molecule has 37 heavy (non-hydrogen) atoms. The Morgan fingerprint density at radius 3 is 1.51 bits per heavy atom. The van der Waals surface area contributed by atoms with Crippen LogP contribution in [0.25, 0.3) is 21.5 Å². The van der Waals surface area contributed by atoms with Gasteiger partial charge >= 0.3 is 0 Å². The van der Waals surface area contributed by atoms with Crippen molar-refractivity contribution in [3.63, 3.8) is 0 Å². The Morgan fingerprint density at radius 1 is 0.649 bits per heavy atom. The molecule has 0 aromatic heterocycles. The lowest BCUT2D eigenvalue weighted by atomic mass is 10.1. The number of nitrogens with two attached hydrogens (primary N) is 2. The predicted molar refractivity (Wildman–Crippen MR) is 146 cm³/mol. The molecule has 0 unspecified atom stereocenters. The second-order valence-corrected chi connectivity index (χ2v) is 9.83. The molecule has 0 fully saturated rings. The number of fused-ring (bicyclic) bond motifs is 2. The van der Waals surface area contributed by atoms with Gasteiger partial charge in [0.25, 0.3) is 10.1 Å². The van der Waals surface area contributed by atoms with Gasteiger partial charge < -0.3 is 11.5 Å². The summed E-state index contributed by atoms with van der Waals surface area (Å²) in [6.45, 7) is 1.70. The number of rotatable bonds is 5. The van der Waals surface area contributed by atoms with Crippen LogP contribution in [0.5, 0.6) is 0 Å². The number of nitrogens with zero attached hydrogens (tertiary/aromatic N) is 4. The maximum absolute atomic E-state index is 12.0. The van der Waals surface area contributed by atoms with E-state index in [2.05, 4.69) is 20.5 Å². The number of nitrogen functional groups attached to an aromatic ring is 2. The Kier molecular flexibility index (Phi) is 6.12. The minimum Gasteiger partial charge on any atom is -0.397 e. The molecule has 5 aromatic carbocycles. The minimum absolute atomic E-state index is 0.183. The van der Waals surface area contributed by atoms with Gasteiger partial charge in [0.05, 0.1) is 27.6 Å². The molecule has 0 radical (unpaired) electrons. The summed E-state index contributed by atoms with van der Waals surface area (Å²) in [5.41, 5.74) is 14.9. The summed E-state index contributed by atoms with van der Waals surface area (Å²) in [5.74, 6) is 0. The zero-order valence-electron chi connectivity index (χ0n) is 19.7. The zero-order chi connectivity index (χ0) is 26.2. The Labute approximate surface area is 212 Å². The molecule has 0 amide bonds. The van der Waals surface area contributed by atoms with Gasteiger partial charge in [0.1, 0.15) is 11.4 Å². The van der Waals surface area contributed by atoms with Crippen LogP contribution in [0.3, 0.4) is 0 Å². The van der Waals surface area contributed by atoms with Gasteiger partial charge in [-0.05, 0) is 42.0 Å². The van der Waals surface area contributed by atoms with Gasteiger partial charge in [0.2, 0.25) is 0 Å². The molecule has 184 valence electrons. The molecule has 0 aliphatic carbocycles. The van der Waals surface area contributed by atoms with Crippen molar-refractivity contribution in [1.82, 2.24) is 0 Å². The van der Waals surface area contributed by atoms with Gasteiger partial charge in [0, 0.05) is 16.3 Å². The monoisotopic (exact) mass is 510 g/mol. The molecule has 0 spiro atoms. The lowest BCUT2D eigenvalue weighted by Gasteiger charge is -2.08. The molecule has 0 aliphatic heterocycles. The van der Waals surface area contributed by atoms with Crippen LogP contribution in [0.15, 0.2) is 110 Å². The first-order valence-electron chi connectivity index (χ1n) is 11.2. The van der Waals surface area contributed by atoms with Crippen LogP contribution in [0.4, 0.5) is 34.1 Å². The number of anilines is 2. The molecule has 0 saturated heterocycles. The molecule has 0 heterocycles. The van der Waals surface area contributed by atoms with Crippen molar-refractivity contribution in [3.8, 4) is 0 Å². The first-order chi connectivity index (χ1) is 17.7. The number of azo groups is 2. The van der Waals surface area contributed by atoms with E-state index in [1.54, 1.807) is 19.1 Å². The fourth-order valence-corrected chi connectivity index (χ4v) is 4.51. The van der Waals surface area contributed by atoms with Gasteiger partial charge in [-0.3, -0.25) is 4.55 Å². The molecular formula is C27H22N6O3S. The topological polar surface area (TPSA) is 156 Å². The Hall–Kier alpha value is -4.67. The van der Waals surface area contributed by atoms with E-state index in [0.717, 1.165) is 21.5 Å². The highest BCUT2D eigenvalue weighted by Crippen LogP contribution is 2.38.